The Morgan fingerprint density at radius 1 is 0.700 bits per heavy atom. The predicted molar refractivity (Wildman–Crippen MR) is 115 cm³/mol. The standard InChI is InChI=1S/C24H19O5P/c25-23-18-20(19-10-4-1-5-11-19)16-17-24(23)29-30(26,27-21-12-6-2-7-13-21)28-22-14-8-3-9-15-22/h1-18,24H. The molecule has 150 valence electrons. The average Bonchev–Trinajstić information content (AvgIpc) is 2.77. The summed E-state index contributed by atoms with van der Waals surface area (Å²) in [5.74, 6) is 0.277. The third-order valence-corrected chi connectivity index (χ3v) is 5.65. The Kier molecular flexibility index (Phi) is 5.94. The summed E-state index contributed by atoms with van der Waals surface area (Å²) < 4.78 is 30.2. The van der Waals surface area contributed by atoms with E-state index < -0.39 is 13.9 Å². The quantitative estimate of drug-likeness (QED) is 0.450. The Morgan fingerprint density at radius 3 is 1.70 bits per heavy atom. The molecule has 3 aromatic carbocycles. The van der Waals surface area contributed by atoms with E-state index >= 15 is 0 Å². The molecule has 0 aliphatic heterocycles. The highest BCUT2D eigenvalue weighted by molar-refractivity contribution is 7.49. The smallest absolute Gasteiger partial charge is 0.395 e. The number of hydrogen-bond donors (Lipinski definition) is 0. The van der Waals surface area contributed by atoms with E-state index in [1.54, 1.807) is 72.8 Å². The number of rotatable bonds is 7. The minimum absolute atomic E-state index is 0.310. The fraction of sp³-hybridized carbons (Fsp3) is 0.0417. The molecule has 0 spiro atoms. The van der Waals surface area contributed by atoms with Crippen LogP contribution in [0.3, 0.4) is 0 Å². The number of allylic oxidation sites excluding steroid dienone is 2. The first kappa shape index (κ1) is 19.9. The topological polar surface area (TPSA) is 61.8 Å². The molecule has 0 saturated carbocycles. The van der Waals surface area contributed by atoms with Crippen molar-refractivity contribution in [2.24, 2.45) is 0 Å². The van der Waals surface area contributed by atoms with Crippen molar-refractivity contribution in [3.05, 3.63) is 115 Å². The molecular formula is C24H19O5P. The Morgan fingerprint density at radius 2 is 1.20 bits per heavy atom. The molecule has 1 atom stereocenters. The van der Waals surface area contributed by atoms with Crippen LogP contribution in [0.25, 0.3) is 5.57 Å². The molecule has 0 bridgehead atoms. The number of ketones is 1. The van der Waals surface area contributed by atoms with Gasteiger partial charge in [-0.3, -0.25) is 9.32 Å². The molecule has 0 radical (unpaired) electrons. The van der Waals surface area contributed by atoms with Crippen molar-refractivity contribution in [1.82, 2.24) is 0 Å². The van der Waals surface area contributed by atoms with Gasteiger partial charge in [0.05, 0.1) is 0 Å². The monoisotopic (exact) mass is 418 g/mol. The van der Waals surface area contributed by atoms with Gasteiger partial charge in [-0.2, -0.15) is 0 Å². The van der Waals surface area contributed by atoms with Gasteiger partial charge in [-0.25, -0.2) is 4.57 Å². The van der Waals surface area contributed by atoms with Crippen molar-refractivity contribution >= 4 is 19.2 Å². The van der Waals surface area contributed by atoms with Crippen molar-refractivity contribution in [3.63, 3.8) is 0 Å². The van der Waals surface area contributed by atoms with Crippen LogP contribution < -0.4 is 9.05 Å². The van der Waals surface area contributed by atoms with Crippen LogP contribution in [-0.4, -0.2) is 11.9 Å². The Hall–Kier alpha value is -3.40. The minimum atomic E-state index is -4.16. The SMILES string of the molecule is O=C1C=C(c2ccccc2)C=CC1OP(=O)(Oc1ccccc1)Oc1ccccc1. The van der Waals surface area contributed by atoms with E-state index in [9.17, 15) is 9.36 Å². The second kappa shape index (κ2) is 8.95. The number of carbonyl (C=O) groups is 1. The van der Waals surface area contributed by atoms with Crippen LogP contribution in [0.15, 0.2) is 109 Å². The van der Waals surface area contributed by atoms with E-state index in [4.69, 9.17) is 13.6 Å². The summed E-state index contributed by atoms with van der Waals surface area (Å²) in [5.41, 5.74) is 1.66. The zero-order valence-electron chi connectivity index (χ0n) is 16.0. The van der Waals surface area contributed by atoms with Gasteiger partial charge in [0.2, 0.25) is 0 Å². The van der Waals surface area contributed by atoms with E-state index in [0.29, 0.717) is 11.5 Å². The van der Waals surface area contributed by atoms with Crippen LogP contribution in [0.1, 0.15) is 5.56 Å². The number of benzene rings is 3. The minimum Gasteiger partial charge on any atom is -0.395 e. The maximum Gasteiger partial charge on any atom is 0.588 e. The third kappa shape index (κ3) is 4.95. The number of phosphoric acid groups is 1. The molecule has 6 heteroatoms. The van der Waals surface area contributed by atoms with Gasteiger partial charge in [-0.05, 0) is 47.6 Å². The molecule has 0 N–H and O–H groups in total. The van der Waals surface area contributed by atoms with E-state index in [1.807, 2.05) is 30.3 Å². The van der Waals surface area contributed by atoms with Crippen LogP contribution >= 0.6 is 7.82 Å². The van der Waals surface area contributed by atoms with Crippen molar-refractivity contribution in [1.29, 1.82) is 0 Å². The summed E-state index contributed by atoms with van der Waals surface area (Å²) in [7, 11) is -4.16. The van der Waals surface area contributed by atoms with Gasteiger partial charge in [-0.1, -0.05) is 72.8 Å². The Bertz CT molecular complexity index is 1060. The zero-order valence-corrected chi connectivity index (χ0v) is 16.9. The second-order valence-electron chi connectivity index (χ2n) is 6.51. The van der Waals surface area contributed by atoms with Gasteiger partial charge in [0.25, 0.3) is 0 Å². The number of carbonyl (C=O) groups excluding carboxylic acids is 1. The number of para-hydroxylation sites is 2. The highest BCUT2D eigenvalue weighted by Gasteiger charge is 2.37. The summed E-state index contributed by atoms with van der Waals surface area (Å²) >= 11 is 0. The third-order valence-electron chi connectivity index (χ3n) is 4.30. The summed E-state index contributed by atoms with van der Waals surface area (Å²) in [6.45, 7) is 0. The van der Waals surface area contributed by atoms with Crippen molar-refractivity contribution in [3.8, 4) is 11.5 Å². The molecule has 5 nitrogen and oxygen atoms in total. The molecule has 0 fully saturated rings. The summed E-state index contributed by atoms with van der Waals surface area (Å²) in [6.07, 6.45) is 3.70. The molecule has 0 amide bonds. The molecule has 0 heterocycles. The number of hydrogen-bond acceptors (Lipinski definition) is 5. The van der Waals surface area contributed by atoms with E-state index in [0.717, 1.165) is 11.1 Å². The summed E-state index contributed by atoms with van der Waals surface area (Å²) in [4.78, 5) is 12.7. The zero-order chi connectivity index (χ0) is 20.8. The second-order valence-corrected chi connectivity index (χ2v) is 7.98. The molecule has 0 aromatic heterocycles. The lowest BCUT2D eigenvalue weighted by atomic mass is 9.98. The van der Waals surface area contributed by atoms with Crippen molar-refractivity contribution in [2.45, 2.75) is 6.10 Å². The molecular weight excluding hydrogens is 399 g/mol. The van der Waals surface area contributed by atoms with Gasteiger partial charge < -0.3 is 9.05 Å². The molecule has 1 aliphatic carbocycles. The molecule has 1 aliphatic rings. The summed E-state index contributed by atoms with van der Waals surface area (Å²) in [6, 6.07) is 26.6. The van der Waals surface area contributed by atoms with Crippen LogP contribution in [-0.2, 0) is 13.9 Å². The normalized spacial score (nSPS) is 16.1. The van der Waals surface area contributed by atoms with E-state index in [-0.39, 0.29) is 5.78 Å². The van der Waals surface area contributed by atoms with Crippen LogP contribution in [0.4, 0.5) is 0 Å². The molecule has 3 aromatic rings. The average molecular weight is 418 g/mol. The van der Waals surface area contributed by atoms with Crippen LogP contribution in [0.2, 0.25) is 0 Å². The predicted octanol–water partition coefficient (Wildman–Crippen LogP) is 5.86. The van der Waals surface area contributed by atoms with Crippen LogP contribution in [0, 0.1) is 0 Å². The fourth-order valence-corrected chi connectivity index (χ4v) is 4.22. The largest absolute Gasteiger partial charge is 0.588 e. The molecule has 0 saturated heterocycles. The first-order chi connectivity index (χ1) is 14.6. The van der Waals surface area contributed by atoms with Gasteiger partial charge in [-0.15, -0.1) is 0 Å². The fourth-order valence-electron chi connectivity index (χ4n) is 2.89. The van der Waals surface area contributed by atoms with Gasteiger partial charge in [0, 0.05) is 0 Å². The van der Waals surface area contributed by atoms with E-state index in [1.165, 1.54) is 6.08 Å². The van der Waals surface area contributed by atoms with E-state index in [2.05, 4.69) is 0 Å². The maximum atomic E-state index is 13.4. The number of phosphoric ester groups is 1. The lowest BCUT2D eigenvalue weighted by Crippen LogP contribution is -2.24. The highest BCUT2D eigenvalue weighted by Crippen LogP contribution is 2.51. The molecule has 1 unspecified atom stereocenters. The molecule has 4 rings (SSSR count). The van der Waals surface area contributed by atoms with Crippen molar-refractivity contribution < 1.29 is 22.9 Å². The first-order valence-electron chi connectivity index (χ1n) is 9.38. The summed E-state index contributed by atoms with van der Waals surface area (Å²) in [5, 5.41) is 0. The van der Waals surface area contributed by atoms with Gasteiger partial charge in [0.1, 0.15) is 11.5 Å². The van der Waals surface area contributed by atoms with Gasteiger partial charge in [0.15, 0.2) is 11.9 Å². The molecule has 30 heavy (non-hydrogen) atoms. The highest BCUT2D eigenvalue weighted by atomic mass is 31.2. The van der Waals surface area contributed by atoms with Crippen LogP contribution in [0.5, 0.6) is 11.5 Å². The first-order valence-corrected chi connectivity index (χ1v) is 10.8. The Balaban J connectivity index is 1.56. The van der Waals surface area contributed by atoms with Gasteiger partial charge >= 0.3 is 7.82 Å². The lowest BCUT2D eigenvalue weighted by Gasteiger charge is -2.23. The Labute approximate surface area is 174 Å². The lowest BCUT2D eigenvalue weighted by molar-refractivity contribution is -0.119. The maximum absolute atomic E-state index is 13.4. The van der Waals surface area contributed by atoms with Crippen molar-refractivity contribution in [2.75, 3.05) is 0 Å².